The number of carbonyl (C=O) groups is 1. The molecule has 0 amide bonds. The lowest BCUT2D eigenvalue weighted by Gasteiger charge is -2.05. The highest BCUT2D eigenvalue weighted by molar-refractivity contribution is 5.97. The van der Waals surface area contributed by atoms with Crippen molar-refractivity contribution in [2.75, 3.05) is 13.1 Å². The molecule has 1 atom stereocenters. The van der Waals surface area contributed by atoms with Crippen LogP contribution in [0.3, 0.4) is 0 Å². The maximum atomic E-state index is 12.1. The number of furan rings is 1. The van der Waals surface area contributed by atoms with Crippen LogP contribution >= 0.6 is 0 Å². The van der Waals surface area contributed by atoms with E-state index in [1.807, 2.05) is 25.1 Å². The number of carbonyl (C=O) groups excluding carboxylic acids is 1. The first-order chi connectivity index (χ1) is 9.22. The molecule has 2 aromatic rings. The summed E-state index contributed by atoms with van der Waals surface area (Å²) >= 11 is 0. The summed E-state index contributed by atoms with van der Waals surface area (Å²) < 4.78 is 5.63. The van der Waals surface area contributed by atoms with Gasteiger partial charge >= 0.3 is 0 Å². The maximum absolute atomic E-state index is 12.1. The highest BCUT2D eigenvalue weighted by Crippen LogP contribution is 2.23. The average molecular weight is 257 g/mol. The molecule has 1 aromatic heterocycles. The molecule has 1 aliphatic rings. The van der Waals surface area contributed by atoms with Crippen LogP contribution in [0.2, 0.25) is 0 Å². The molecule has 1 aliphatic heterocycles. The van der Waals surface area contributed by atoms with Gasteiger partial charge in [0.25, 0.3) is 0 Å². The number of Topliss-reactive ketones (excluding diaryl/α,β-unsaturated/α-hetero) is 1. The lowest BCUT2D eigenvalue weighted by molar-refractivity contribution is 0.0950. The lowest BCUT2D eigenvalue weighted by Crippen LogP contribution is -2.10. The smallest absolute Gasteiger partial charge is 0.198 e. The summed E-state index contributed by atoms with van der Waals surface area (Å²) in [5.41, 5.74) is 1.99. The Hall–Kier alpha value is -1.61. The quantitative estimate of drug-likeness (QED) is 0.854. The maximum Gasteiger partial charge on any atom is 0.198 e. The number of nitrogens with one attached hydrogen (secondary N) is 1. The summed E-state index contributed by atoms with van der Waals surface area (Å²) in [7, 11) is 0. The van der Waals surface area contributed by atoms with E-state index in [1.165, 1.54) is 12.0 Å². The fraction of sp³-hybridized carbons (Fsp3) is 0.438. The molecule has 0 bridgehead atoms. The summed E-state index contributed by atoms with van der Waals surface area (Å²) in [5.74, 6) is 1.28. The Balaban J connectivity index is 1.70. The van der Waals surface area contributed by atoms with E-state index in [2.05, 4.69) is 11.4 Å². The third-order valence-corrected chi connectivity index (χ3v) is 3.89. The summed E-state index contributed by atoms with van der Waals surface area (Å²) in [5, 5.41) is 4.35. The van der Waals surface area contributed by atoms with Crippen molar-refractivity contribution in [2.24, 2.45) is 5.92 Å². The lowest BCUT2D eigenvalue weighted by atomic mass is 10.0. The van der Waals surface area contributed by atoms with E-state index in [0.717, 1.165) is 30.5 Å². The standard InChI is InChI=1S/C16H19NO2/c1-11-2-5-15-13(8-11)9-16(19-15)14(18)4-3-12-6-7-17-10-12/h2,5,8-9,12,17H,3-4,6-7,10H2,1H3. The first kappa shape index (κ1) is 12.4. The van der Waals surface area contributed by atoms with Crippen LogP contribution in [-0.2, 0) is 0 Å². The molecule has 2 heterocycles. The molecule has 1 aromatic carbocycles. The molecule has 3 rings (SSSR count). The molecule has 1 saturated heterocycles. The van der Waals surface area contributed by atoms with Gasteiger partial charge in [-0.3, -0.25) is 4.79 Å². The summed E-state index contributed by atoms with van der Waals surface area (Å²) in [6.45, 7) is 4.18. The summed E-state index contributed by atoms with van der Waals surface area (Å²) in [6.07, 6.45) is 2.74. The van der Waals surface area contributed by atoms with Gasteiger partial charge < -0.3 is 9.73 Å². The van der Waals surface area contributed by atoms with E-state index in [4.69, 9.17) is 4.42 Å². The van der Waals surface area contributed by atoms with Crippen LogP contribution in [0.1, 0.15) is 35.4 Å². The molecule has 1 N–H and O–H groups in total. The van der Waals surface area contributed by atoms with Crippen LogP contribution in [0.5, 0.6) is 0 Å². The van der Waals surface area contributed by atoms with E-state index in [9.17, 15) is 4.79 Å². The zero-order valence-electron chi connectivity index (χ0n) is 11.2. The van der Waals surface area contributed by atoms with E-state index in [1.54, 1.807) is 0 Å². The Kier molecular flexibility index (Phi) is 3.38. The molecule has 0 saturated carbocycles. The molecule has 1 unspecified atom stereocenters. The van der Waals surface area contributed by atoms with Crippen LogP contribution in [0.4, 0.5) is 0 Å². The Morgan fingerprint density at radius 3 is 3.11 bits per heavy atom. The van der Waals surface area contributed by atoms with Gasteiger partial charge in [0, 0.05) is 11.8 Å². The highest BCUT2D eigenvalue weighted by Gasteiger charge is 2.18. The fourth-order valence-electron chi connectivity index (χ4n) is 2.72. The normalized spacial score (nSPS) is 19.1. The first-order valence-electron chi connectivity index (χ1n) is 6.96. The van der Waals surface area contributed by atoms with Gasteiger partial charge in [-0.15, -0.1) is 0 Å². The predicted molar refractivity (Wildman–Crippen MR) is 75.5 cm³/mol. The van der Waals surface area contributed by atoms with Gasteiger partial charge in [0.15, 0.2) is 11.5 Å². The zero-order valence-corrected chi connectivity index (χ0v) is 11.2. The van der Waals surface area contributed by atoms with Crippen molar-refractivity contribution in [3.63, 3.8) is 0 Å². The van der Waals surface area contributed by atoms with Crippen molar-refractivity contribution in [2.45, 2.75) is 26.2 Å². The zero-order chi connectivity index (χ0) is 13.2. The van der Waals surface area contributed by atoms with E-state index >= 15 is 0 Å². The Labute approximate surface area is 113 Å². The third-order valence-electron chi connectivity index (χ3n) is 3.89. The first-order valence-corrected chi connectivity index (χ1v) is 6.96. The molecule has 1 fully saturated rings. The van der Waals surface area contributed by atoms with Crippen molar-refractivity contribution in [3.8, 4) is 0 Å². The Morgan fingerprint density at radius 1 is 1.42 bits per heavy atom. The molecular weight excluding hydrogens is 238 g/mol. The number of aryl methyl sites for hydroxylation is 1. The molecule has 19 heavy (non-hydrogen) atoms. The van der Waals surface area contributed by atoms with Crippen molar-refractivity contribution in [1.29, 1.82) is 0 Å². The van der Waals surface area contributed by atoms with Crippen LogP contribution in [0.15, 0.2) is 28.7 Å². The van der Waals surface area contributed by atoms with Gasteiger partial charge in [0.2, 0.25) is 0 Å². The van der Waals surface area contributed by atoms with Gasteiger partial charge in [-0.05, 0) is 57.0 Å². The van der Waals surface area contributed by atoms with Gasteiger partial charge in [-0.25, -0.2) is 0 Å². The van der Waals surface area contributed by atoms with Crippen molar-refractivity contribution < 1.29 is 9.21 Å². The monoisotopic (exact) mass is 257 g/mol. The topological polar surface area (TPSA) is 42.2 Å². The minimum Gasteiger partial charge on any atom is -0.453 e. The molecule has 0 aliphatic carbocycles. The SMILES string of the molecule is Cc1ccc2oc(C(=O)CCC3CCNC3)cc2c1. The Bertz CT molecular complexity index is 594. The number of rotatable bonds is 4. The van der Waals surface area contributed by atoms with Crippen LogP contribution < -0.4 is 5.32 Å². The Morgan fingerprint density at radius 2 is 2.32 bits per heavy atom. The number of hydrogen-bond acceptors (Lipinski definition) is 3. The van der Waals surface area contributed by atoms with E-state index in [0.29, 0.717) is 18.1 Å². The van der Waals surface area contributed by atoms with Crippen LogP contribution in [0, 0.1) is 12.8 Å². The predicted octanol–water partition coefficient (Wildman–Crippen LogP) is 3.31. The molecule has 3 heteroatoms. The minimum absolute atomic E-state index is 0.126. The van der Waals surface area contributed by atoms with Crippen molar-refractivity contribution >= 4 is 16.8 Å². The number of fused-ring (bicyclic) bond motifs is 1. The fourth-order valence-corrected chi connectivity index (χ4v) is 2.72. The van der Waals surface area contributed by atoms with Crippen LogP contribution in [0.25, 0.3) is 11.0 Å². The second kappa shape index (κ2) is 5.17. The van der Waals surface area contributed by atoms with E-state index < -0.39 is 0 Å². The average Bonchev–Trinajstić information content (AvgIpc) is 3.04. The third kappa shape index (κ3) is 2.71. The van der Waals surface area contributed by atoms with Gasteiger partial charge in [0.05, 0.1) is 0 Å². The van der Waals surface area contributed by atoms with Gasteiger partial charge in [-0.2, -0.15) is 0 Å². The number of hydrogen-bond donors (Lipinski definition) is 1. The minimum atomic E-state index is 0.126. The van der Waals surface area contributed by atoms with Crippen LogP contribution in [-0.4, -0.2) is 18.9 Å². The molecule has 0 radical (unpaired) electrons. The van der Waals surface area contributed by atoms with Gasteiger partial charge in [-0.1, -0.05) is 11.6 Å². The second-order valence-electron chi connectivity index (χ2n) is 5.47. The second-order valence-corrected chi connectivity index (χ2v) is 5.47. The molecule has 3 nitrogen and oxygen atoms in total. The number of ketones is 1. The molecular formula is C16H19NO2. The van der Waals surface area contributed by atoms with E-state index in [-0.39, 0.29) is 5.78 Å². The highest BCUT2D eigenvalue weighted by atomic mass is 16.3. The molecule has 100 valence electrons. The molecule has 0 spiro atoms. The number of benzene rings is 1. The summed E-state index contributed by atoms with van der Waals surface area (Å²) in [6, 6.07) is 7.86. The van der Waals surface area contributed by atoms with Crippen molar-refractivity contribution in [1.82, 2.24) is 5.32 Å². The van der Waals surface area contributed by atoms with Gasteiger partial charge in [0.1, 0.15) is 5.58 Å². The largest absolute Gasteiger partial charge is 0.453 e. The van der Waals surface area contributed by atoms with Crippen molar-refractivity contribution in [3.05, 3.63) is 35.6 Å². The summed E-state index contributed by atoms with van der Waals surface area (Å²) in [4.78, 5) is 12.1.